The van der Waals surface area contributed by atoms with Gasteiger partial charge in [-0.25, -0.2) is 0 Å². The van der Waals surface area contributed by atoms with Crippen molar-refractivity contribution in [3.63, 3.8) is 0 Å². The standard InChI is InChI=1S/C12H22N2O2/c1-5-8(4)10-12(16)13-9(6-7(2)3)11(15)14-10/h7-10H,5-6H2,1-4H3,(H,13,16)(H,14,15)/t8-,9-,10-/m0/s1. The molecule has 0 aliphatic carbocycles. The van der Waals surface area contributed by atoms with Crippen molar-refractivity contribution in [2.24, 2.45) is 11.8 Å². The Balaban J connectivity index is 2.63. The van der Waals surface area contributed by atoms with Gasteiger partial charge < -0.3 is 10.6 Å². The first-order valence-electron chi connectivity index (χ1n) is 6.06. The predicted molar refractivity (Wildman–Crippen MR) is 62.8 cm³/mol. The molecule has 0 saturated carbocycles. The van der Waals surface area contributed by atoms with Gasteiger partial charge >= 0.3 is 0 Å². The number of carbonyl (C=O) groups is 2. The highest BCUT2D eigenvalue weighted by Crippen LogP contribution is 2.14. The number of carbonyl (C=O) groups excluding carboxylic acids is 2. The van der Waals surface area contributed by atoms with Crippen molar-refractivity contribution in [1.82, 2.24) is 10.6 Å². The molecule has 2 N–H and O–H groups in total. The van der Waals surface area contributed by atoms with Crippen LogP contribution >= 0.6 is 0 Å². The Morgan fingerprint density at radius 2 is 1.75 bits per heavy atom. The molecule has 0 aromatic rings. The highest BCUT2D eigenvalue weighted by molar-refractivity contribution is 5.97. The Kier molecular flexibility index (Phi) is 4.33. The zero-order valence-corrected chi connectivity index (χ0v) is 10.5. The van der Waals surface area contributed by atoms with Crippen molar-refractivity contribution < 1.29 is 9.59 Å². The molecule has 0 bridgehead atoms. The first kappa shape index (κ1) is 13.0. The Morgan fingerprint density at radius 1 is 1.12 bits per heavy atom. The smallest absolute Gasteiger partial charge is 0.243 e. The summed E-state index contributed by atoms with van der Waals surface area (Å²) in [4.78, 5) is 23.6. The van der Waals surface area contributed by atoms with E-state index < -0.39 is 0 Å². The molecule has 2 amide bonds. The minimum atomic E-state index is -0.360. The lowest BCUT2D eigenvalue weighted by Gasteiger charge is -2.33. The Bertz CT molecular complexity index is 276. The topological polar surface area (TPSA) is 58.2 Å². The fraction of sp³-hybridized carbons (Fsp3) is 0.833. The Hall–Kier alpha value is -1.06. The van der Waals surface area contributed by atoms with Gasteiger partial charge in [0, 0.05) is 0 Å². The monoisotopic (exact) mass is 226 g/mol. The maximum atomic E-state index is 11.8. The maximum absolute atomic E-state index is 11.8. The second-order valence-electron chi connectivity index (χ2n) is 5.06. The zero-order valence-electron chi connectivity index (χ0n) is 10.5. The first-order chi connectivity index (χ1) is 7.45. The molecule has 1 heterocycles. The third kappa shape index (κ3) is 2.97. The molecule has 0 unspecified atom stereocenters. The second kappa shape index (κ2) is 5.32. The zero-order chi connectivity index (χ0) is 12.3. The highest BCUT2D eigenvalue weighted by Gasteiger charge is 2.35. The molecule has 92 valence electrons. The van der Waals surface area contributed by atoms with E-state index in [1.165, 1.54) is 0 Å². The van der Waals surface area contributed by atoms with Crippen LogP contribution in [0.1, 0.15) is 40.5 Å². The van der Waals surface area contributed by atoms with Crippen LogP contribution in [0, 0.1) is 11.8 Å². The summed E-state index contributed by atoms with van der Waals surface area (Å²) in [5, 5.41) is 5.63. The average Bonchev–Trinajstić information content (AvgIpc) is 2.21. The van der Waals surface area contributed by atoms with E-state index in [1.54, 1.807) is 0 Å². The third-order valence-corrected chi connectivity index (χ3v) is 3.13. The minimum Gasteiger partial charge on any atom is -0.343 e. The molecule has 0 aromatic carbocycles. The number of hydrogen-bond donors (Lipinski definition) is 2. The van der Waals surface area contributed by atoms with Gasteiger partial charge in [0.25, 0.3) is 0 Å². The van der Waals surface area contributed by atoms with E-state index in [0.717, 1.165) is 6.42 Å². The van der Waals surface area contributed by atoms with Gasteiger partial charge in [-0.2, -0.15) is 0 Å². The third-order valence-electron chi connectivity index (χ3n) is 3.13. The molecule has 1 rings (SSSR count). The van der Waals surface area contributed by atoms with E-state index in [0.29, 0.717) is 12.3 Å². The normalized spacial score (nSPS) is 27.6. The second-order valence-corrected chi connectivity index (χ2v) is 5.06. The van der Waals surface area contributed by atoms with Crippen molar-refractivity contribution in [3.05, 3.63) is 0 Å². The van der Waals surface area contributed by atoms with Crippen molar-refractivity contribution >= 4 is 11.8 Å². The van der Waals surface area contributed by atoms with E-state index in [1.807, 2.05) is 27.7 Å². The summed E-state index contributed by atoms with van der Waals surface area (Å²) in [5.74, 6) is 0.498. The number of rotatable bonds is 4. The molecule has 4 heteroatoms. The van der Waals surface area contributed by atoms with Crippen molar-refractivity contribution in [2.75, 3.05) is 0 Å². The molecular weight excluding hydrogens is 204 g/mol. The van der Waals surface area contributed by atoms with Crippen molar-refractivity contribution in [2.45, 2.75) is 52.6 Å². The van der Waals surface area contributed by atoms with Crippen LogP contribution in [0.3, 0.4) is 0 Å². The lowest BCUT2D eigenvalue weighted by atomic mass is 9.93. The molecule has 4 nitrogen and oxygen atoms in total. The van der Waals surface area contributed by atoms with E-state index in [2.05, 4.69) is 10.6 Å². The van der Waals surface area contributed by atoms with Gasteiger partial charge in [-0.3, -0.25) is 9.59 Å². The van der Waals surface area contributed by atoms with E-state index in [-0.39, 0.29) is 29.8 Å². The molecule has 16 heavy (non-hydrogen) atoms. The summed E-state index contributed by atoms with van der Waals surface area (Å²) >= 11 is 0. The summed E-state index contributed by atoms with van der Waals surface area (Å²) in [6, 6.07) is -0.714. The van der Waals surface area contributed by atoms with Gasteiger partial charge in [-0.15, -0.1) is 0 Å². The van der Waals surface area contributed by atoms with Gasteiger partial charge in [0.1, 0.15) is 12.1 Å². The number of amides is 2. The molecule has 0 aromatic heterocycles. The van der Waals surface area contributed by atoms with Gasteiger partial charge in [0.15, 0.2) is 0 Å². The predicted octanol–water partition coefficient (Wildman–Crippen LogP) is 1.06. The molecule has 1 aliphatic heterocycles. The van der Waals surface area contributed by atoms with Crippen LogP contribution in [0.15, 0.2) is 0 Å². The number of nitrogens with one attached hydrogen (secondary N) is 2. The van der Waals surface area contributed by atoms with Gasteiger partial charge in [0.05, 0.1) is 0 Å². The summed E-state index contributed by atoms with van der Waals surface area (Å²) in [6.45, 7) is 8.08. The SMILES string of the molecule is CC[C@H](C)[C@@H]1NC(=O)[C@H](CC(C)C)NC1=O. The summed E-state index contributed by atoms with van der Waals surface area (Å²) in [6.07, 6.45) is 1.58. The molecule has 1 saturated heterocycles. The average molecular weight is 226 g/mol. The summed E-state index contributed by atoms with van der Waals surface area (Å²) < 4.78 is 0. The van der Waals surface area contributed by atoms with E-state index in [4.69, 9.17) is 0 Å². The van der Waals surface area contributed by atoms with E-state index >= 15 is 0 Å². The van der Waals surface area contributed by atoms with Crippen LogP contribution in [0.5, 0.6) is 0 Å². The van der Waals surface area contributed by atoms with Crippen LogP contribution in [-0.4, -0.2) is 23.9 Å². The quantitative estimate of drug-likeness (QED) is 0.753. The van der Waals surface area contributed by atoms with Crippen LogP contribution in [0.2, 0.25) is 0 Å². The van der Waals surface area contributed by atoms with Crippen LogP contribution in [-0.2, 0) is 9.59 Å². The van der Waals surface area contributed by atoms with Crippen molar-refractivity contribution in [3.8, 4) is 0 Å². The lowest BCUT2D eigenvalue weighted by molar-refractivity contribution is -0.138. The van der Waals surface area contributed by atoms with Gasteiger partial charge in [0.2, 0.25) is 11.8 Å². The maximum Gasteiger partial charge on any atom is 0.243 e. The molecular formula is C12H22N2O2. The number of piperazine rings is 1. The molecule has 0 spiro atoms. The first-order valence-corrected chi connectivity index (χ1v) is 6.06. The lowest BCUT2D eigenvalue weighted by Crippen LogP contribution is -2.63. The van der Waals surface area contributed by atoms with Crippen molar-refractivity contribution in [1.29, 1.82) is 0 Å². The molecule has 1 aliphatic rings. The molecule has 0 radical (unpaired) electrons. The van der Waals surface area contributed by atoms with Gasteiger partial charge in [-0.1, -0.05) is 34.1 Å². The van der Waals surface area contributed by atoms with Crippen LogP contribution in [0.4, 0.5) is 0 Å². The van der Waals surface area contributed by atoms with Crippen LogP contribution < -0.4 is 10.6 Å². The van der Waals surface area contributed by atoms with Crippen LogP contribution in [0.25, 0.3) is 0 Å². The van der Waals surface area contributed by atoms with Gasteiger partial charge in [-0.05, 0) is 18.3 Å². The minimum absolute atomic E-state index is 0.0420. The molecule has 1 fully saturated rings. The van der Waals surface area contributed by atoms with E-state index in [9.17, 15) is 9.59 Å². The number of hydrogen-bond acceptors (Lipinski definition) is 2. The Morgan fingerprint density at radius 3 is 2.25 bits per heavy atom. The fourth-order valence-electron chi connectivity index (χ4n) is 1.92. The fourth-order valence-corrected chi connectivity index (χ4v) is 1.92. The highest BCUT2D eigenvalue weighted by atomic mass is 16.2. The summed E-state index contributed by atoms with van der Waals surface area (Å²) in [5.41, 5.74) is 0. The summed E-state index contributed by atoms with van der Waals surface area (Å²) in [7, 11) is 0. The largest absolute Gasteiger partial charge is 0.343 e. The Labute approximate surface area is 97.2 Å². The molecule has 3 atom stereocenters.